The first kappa shape index (κ1) is 14.3. The van der Waals surface area contributed by atoms with E-state index in [1.54, 1.807) is 24.1 Å². The molecule has 3 nitrogen and oxygen atoms in total. The summed E-state index contributed by atoms with van der Waals surface area (Å²) in [4.78, 5) is 14.0. The van der Waals surface area contributed by atoms with Crippen LogP contribution >= 0.6 is 11.6 Å². The van der Waals surface area contributed by atoms with Gasteiger partial charge in [-0.1, -0.05) is 17.7 Å². The van der Waals surface area contributed by atoms with Crippen molar-refractivity contribution in [2.75, 3.05) is 20.1 Å². The van der Waals surface area contributed by atoms with Crippen LogP contribution in [0.3, 0.4) is 0 Å². The van der Waals surface area contributed by atoms with Gasteiger partial charge in [0.25, 0.3) is 0 Å². The molecule has 0 saturated carbocycles. The molecule has 1 aliphatic heterocycles. The van der Waals surface area contributed by atoms with Gasteiger partial charge in [0.2, 0.25) is 5.91 Å². The number of nitrogens with one attached hydrogen (secondary N) is 1. The van der Waals surface area contributed by atoms with Crippen molar-refractivity contribution in [3.05, 3.63) is 34.6 Å². The molecule has 1 aromatic rings. The van der Waals surface area contributed by atoms with Gasteiger partial charge in [-0.3, -0.25) is 4.79 Å². The smallest absolute Gasteiger partial charge is 0.229 e. The Morgan fingerprint density at radius 3 is 2.89 bits per heavy atom. The Labute approximate surface area is 117 Å². The number of carbonyl (C=O) groups is 1. The van der Waals surface area contributed by atoms with Gasteiger partial charge in [-0.2, -0.15) is 0 Å². The summed E-state index contributed by atoms with van der Waals surface area (Å²) in [6.07, 6.45) is 0.807. The zero-order chi connectivity index (χ0) is 14.0. The van der Waals surface area contributed by atoms with Gasteiger partial charge in [0.15, 0.2) is 0 Å². The Hall–Kier alpha value is -1.13. The van der Waals surface area contributed by atoms with E-state index >= 15 is 0 Å². The molecule has 0 spiro atoms. The molecule has 2 rings (SSSR count). The van der Waals surface area contributed by atoms with Crippen LogP contribution in [0.5, 0.6) is 0 Å². The summed E-state index contributed by atoms with van der Waals surface area (Å²) < 4.78 is 13.7. The van der Waals surface area contributed by atoms with Crippen molar-refractivity contribution in [1.82, 2.24) is 10.2 Å². The highest BCUT2D eigenvalue weighted by molar-refractivity contribution is 6.31. The minimum atomic E-state index is -0.396. The van der Waals surface area contributed by atoms with Crippen molar-refractivity contribution >= 4 is 17.5 Å². The summed E-state index contributed by atoms with van der Waals surface area (Å²) in [5.41, 5.74) is -0.0264. The first-order chi connectivity index (χ1) is 8.94. The Morgan fingerprint density at radius 2 is 2.32 bits per heavy atom. The molecule has 1 aromatic carbocycles. The fraction of sp³-hybridized carbons (Fsp3) is 0.500. The third kappa shape index (κ3) is 2.90. The van der Waals surface area contributed by atoms with Crippen molar-refractivity contribution in [3.63, 3.8) is 0 Å². The monoisotopic (exact) mass is 284 g/mol. The number of carbonyl (C=O) groups excluding carboxylic acids is 1. The number of nitrogens with zero attached hydrogens (tertiary/aromatic N) is 1. The number of amides is 1. The Morgan fingerprint density at radius 1 is 1.58 bits per heavy atom. The average Bonchev–Trinajstić information content (AvgIpc) is 2.81. The molecule has 1 atom stereocenters. The minimum Gasteiger partial charge on any atom is -0.341 e. The van der Waals surface area contributed by atoms with Crippen molar-refractivity contribution in [2.45, 2.75) is 19.9 Å². The van der Waals surface area contributed by atoms with Gasteiger partial charge >= 0.3 is 0 Å². The van der Waals surface area contributed by atoms with E-state index < -0.39 is 5.41 Å². The molecule has 104 valence electrons. The molecule has 1 heterocycles. The van der Waals surface area contributed by atoms with E-state index in [1.807, 2.05) is 6.92 Å². The maximum Gasteiger partial charge on any atom is 0.229 e. The van der Waals surface area contributed by atoms with E-state index in [0.717, 1.165) is 13.0 Å². The molecule has 1 N–H and O–H groups in total. The number of hydrogen-bond donors (Lipinski definition) is 1. The van der Waals surface area contributed by atoms with E-state index in [-0.39, 0.29) is 18.3 Å². The molecule has 0 radical (unpaired) electrons. The molecule has 19 heavy (non-hydrogen) atoms. The third-order valence-corrected chi connectivity index (χ3v) is 4.04. The van der Waals surface area contributed by atoms with Crippen LogP contribution < -0.4 is 5.32 Å². The van der Waals surface area contributed by atoms with Gasteiger partial charge in [0.1, 0.15) is 5.82 Å². The molecule has 0 bridgehead atoms. The van der Waals surface area contributed by atoms with E-state index in [0.29, 0.717) is 17.1 Å². The zero-order valence-electron chi connectivity index (χ0n) is 11.2. The Bertz CT molecular complexity index is 466. The molecule has 1 amide bonds. The largest absolute Gasteiger partial charge is 0.341 e. The molecule has 1 unspecified atom stereocenters. The standard InChI is InChI=1S/C14H18ClFN2O/c1-14(6-7-17-9-14)13(19)18(2)8-10-11(15)4-3-5-12(10)16/h3-5,17H,6-9H2,1-2H3. The lowest BCUT2D eigenvalue weighted by Crippen LogP contribution is -2.41. The third-order valence-electron chi connectivity index (χ3n) is 3.69. The first-order valence-electron chi connectivity index (χ1n) is 6.33. The van der Waals surface area contributed by atoms with Gasteiger partial charge in [-0.05, 0) is 32.0 Å². The fourth-order valence-electron chi connectivity index (χ4n) is 2.45. The highest BCUT2D eigenvalue weighted by atomic mass is 35.5. The summed E-state index contributed by atoms with van der Waals surface area (Å²) >= 11 is 5.98. The Kier molecular flexibility index (Phi) is 4.11. The lowest BCUT2D eigenvalue weighted by molar-refractivity contribution is -0.139. The molecule has 1 saturated heterocycles. The summed E-state index contributed by atoms with van der Waals surface area (Å²) in [5.74, 6) is -0.348. The van der Waals surface area contributed by atoms with Gasteiger partial charge < -0.3 is 10.2 Å². The second-order valence-electron chi connectivity index (χ2n) is 5.35. The molecule has 0 aliphatic carbocycles. The fourth-order valence-corrected chi connectivity index (χ4v) is 2.68. The predicted molar refractivity (Wildman–Crippen MR) is 73.5 cm³/mol. The maximum atomic E-state index is 13.7. The van der Waals surface area contributed by atoms with Crippen molar-refractivity contribution in [3.8, 4) is 0 Å². The molecule has 1 fully saturated rings. The van der Waals surface area contributed by atoms with Crippen LogP contribution in [0.1, 0.15) is 18.9 Å². The highest BCUT2D eigenvalue weighted by Gasteiger charge is 2.38. The van der Waals surface area contributed by atoms with Crippen molar-refractivity contribution in [2.24, 2.45) is 5.41 Å². The maximum absolute atomic E-state index is 13.7. The molecular formula is C14H18ClFN2O. The molecule has 5 heteroatoms. The van der Waals surface area contributed by atoms with Gasteiger partial charge in [-0.25, -0.2) is 4.39 Å². The van der Waals surface area contributed by atoms with Crippen LogP contribution in [-0.2, 0) is 11.3 Å². The van der Waals surface area contributed by atoms with E-state index in [1.165, 1.54) is 6.07 Å². The van der Waals surface area contributed by atoms with Crippen molar-refractivity contribution < 1.29 is 9.18 Å². The first-order valence-corrected chi connectivity index (χ1v) is 6.71. The van der Waals surface area contributed by atoms with E-state index in [4.69, 9.17) is 11.6 Å². The molecule has 0 aromatic heterocycles. The van der Waals surface area contributed by atoms with Crippen molar-refractivity contribution in [1.29, 1.82) is 0 Å². The van der Waals surface area contributed by atoms with Gasteiger partial charge in [0, 0.05) is 30.7 Å². The number of hydrogen-bond acceptors (Lipinski definition) is 2. The lowest BCUT2D eigenvalue weighted by atomic mass is 9.88. The SMILES string of the molecule is CN(Cc1c(F)cccc1Cl)C(=O)C1(C)CCNC1. The summed E-state index contributed by atoms with van der Waals surface area (Å²) in [5, 5.41) is 3.54. The number of rotatable bonds is 3. The van der Waals surface area contributed by atoms with Crippen LogP contribution in [0.2, 0.25) is 5.02 Å². The van der Waals surface area contributed by atoms with E-state index in [2.05, 4.69) is 5.32 Å². The lowest BCUT2D eigenvalue weighted by Gasteiger charge is -2.28. The predicted octanol–water partition coefficient (Wildman–Crippen LogP) is 2.44. The Balaban J connectivity index is 2.13. The highest BCUT2D eigenvalue weighted by Crippen LogP contribution is 2.28. The summed E-state index contributed by atoms with van der Waals surface area (Å²) in [6, 6.07) is 4.56. The second kappa shape index (κ2) is 5.47. The van der Waals surface area contributed by atoms with Gasteiger partial charge in [0.05, 0.1) is 5.41 Å². The molecular weight excluding hydrogens is 267 g/mol. The molecule has 1 aliphatic rings. The average molecular weight is 285 g/mol. The summed E-state index contributed by atoms with van der Waals surface area (Å²) in [6.45, 7) is 3.65. The normalized spacial score (nSPS) is 22.5. The van der Waals surface area contributed by atoms with Crippen LogP contribution in [-0.4, -0.2) is 30.9 Å². The van der Waals surface area contributed by atoms with E-state index in [9.17, 15) is 9.18 Å². The zero-order valence-corrected chi connectivity index (χ0v) is 11.9. The van der Waals surface area contributed by atoms with Gasteiger partial charge in [-0.15, -0.1) is 0 Å². The van der Waals surface area contributed by atoms with Crippen LogP contribution in [0, 0.1) is 11.2 Å². The second-order valence-corrected chi connectivity index (χ2v) is 5.76. The van der Waals surface area contributed by atoms with Crippen LogP contribution in [0.4, 0.5) is 4.39 Å². The summed E-state index contributed by atoms with van der Waals surface area (Å²) in [7, 11) is 1.69. The quantitative estimate of drug-likeness (QED) is 0.925. The van der Waals surface area contributed by atoms with Crippen LogP contribution in [0.15, 0.2) is 18.2 Å². The number of halogens is 2. The van der Waals surface area contributed by atoms with Crippen LogP contribution in [0.25, 0.3) is 0 Å². The topological polar surface area (TPSA) is 32.3 Å². The minimum absolute atomic E-state index is 0.0248. The number of benzene rings is 1.